The molecule has 0 bridgehead atoms. The van der Waals surface area contributed by atoms with Crippen molar-refractivity contribution in [2.75, 3.05) is 0 Å². The fraction of sp³-hybridized carbons (Fsp3) is 0. The van der Waals surface area contributed by atoms with Gasteiger partial charge in [-0.3, -0.25) is 0 Å². The molecule has 1 rings (SSSR count). The first kappa shape index (κ1) is 8.08. The SMILES string of the molecule is N#CC=Cc1ccc(C(=O)O)o1. The third-order valence-corrected chi connectivity index (χ3v) is 1.16. The van der Waals surface area contributed by atoms with Crippen LogP contribution >= 0.6 is 0 Å². The highest BCUT2D eigenvalue weighted by Gasteiger charge is 2.06. The summed E-state index contributed by atoms with van der Waals surface area (Å²) in [6.45, 7) is 0. The van der Waals surface area contributed by atoms with Crippen LogP contribution in [0.5, 0.6) is 0 Å². The van der Waals surface area contributed by atoms with Crippen molar-refractivity contribution in [1.82, 2.24) is 0 Å². The number of nitrogens with zero attached hydrogens (tertiary/aromatic N) is 1. The minimum Gasteiger partial charge on any atom is -0.475 e. The number of carboxylic acid groups (broad SMARTS) is 1. The summed E-state index contributed by atoms with van der Waals surface area (Å²) in [6, 6.07) is 4.58. The normalized spacial score (nSPS) is 9.92. The fourth-order valence-electron chi connectivity index (χ4n) is 0.677. The number of rotatable bonds is 2. The number of carbonyl (C=O) groups is 1. The molecule has 1 aromatic heterocycles. The lowest BCUT2D eigenvalue weighted by molar-refractivity contribution is 0.0662. The minimum absolute atomic E-state index is 0.132. The second-order valence-electron chi connectivity index (χ2n) is 1.97. The zero-order chi connectivity index (χ0) is 8.97. The van der Waals surface area contributed by atoms with Crippen LogP contribution in [0.15, 0.2) is 22.6 Å². The number of aromatic carboxylic acids is 1. The quantitative estimate of drug-likeness (QED) is 0.670. The van der Waals surface area contributed by atoms with Crippen LogP contribution in [0.4, 0.5) is 0 Å². The molecule has 0 aliphatic carbocycles. The Morgan fingerprint density at radius 1 is 1.67 bits per heavy atom. The highest BCUT2D eigenvalue weighted by atomic mass is 16.4. The van der Waals surface area contributed by atoms with Gasteiger partial charge in [0.1, 0.15) is 5.76 Å². The van der Waals surface area contributed by atoms with E-state index < -0.39 is 5.97 Å². The van der Waals surface area contributed by atoms with Gasteiger partial charge in [0.05, 0.1) is 6.07 Å². The molecule has 0 spiro atoms. The van der Waals surface area contributed by atoms with E-state index in [0.29, 0.717) is 5.76 Å². The molecule has 1 aromatic rings. The topological polar surface area (TPSA) is 74.2 Å². The van der Waals surface area contributed by atoms with E-state index in [-0.39, 0.29) is 5.76 Å². The Bertz CT molecular complexity index is 357. The number of hydrogen-bond acceptors (Lipinski definition) is 3. The second-order valence-corrected chi connectivity index (χ2v) is 1.97. The molecule has 0 saturated heterocycles. The molecule has 60 valence electrons. The molecule has 0 amide bonds. The van der Waals surface area contributed by atoms with E-state index in [2.05, 4.69) is 0 Å². The molecular formula is C8H5NO3. The summed E-state index contributed by atoms with van der Waals surface area (Å²) >= 11 is 0. The van der Waals surface area contributed by atoms with Gasteiger partial charge in [-0.15, -0.1) is 0 Å². The average Bonchev–Trinajstić information content (AvgIpc) is 2.48. The fourth-order valence-corrected chi connectivity index (χ4v) is 0.677. The van der Waals surface area contributed by atoms with Crippen molar-refractivity contribution < 1.29 is 14.3 Å². The maximum Gasteiger partial charge on any atom is 0.371 e. The van der Waals surface area contributed by atoms with Crippen molar-refractivity contribution in [3.05, 3.63) is 29.7 Å². The third-order valence-electron chi connectivity index (χ3n) is 1.16. The standard InChI is InChI=1S/C8H5NO3/c9-5-1-2-6-3-4-7(12-6)8(10)11/h1-4H,(H,10,11). The molecule has 0 atom stereocenters. The first-order chi connectivity index (χ1) is 5.74. The maximum atomic E-state index is 10.3. The van der Waals surface area contributed by atoms with E-state index in [1.165, 1.54) is 24.3 Å². The summed E-state index contributed by atoms with van der Waals surface area (Å²) < 4.78 is 4.81. The third kappa shape index (κ3) is 1.73. The summed E-state index contributed by atoms with van der Waals surface area (Å²) in [5, 5.41) is 16.6. The van der Waals surface area contributed by atoms with E-state index in [1.54, 1.807) is 6.07 Å². The molecular weight excluding hydrogens is 158 g/mol. The molecule has 12 heavy (non-hydrogen) atoms. The van der Waals surface area contributed by atoms with Gasteiger partial charge >= 0.3 is 5.97 Å². The van der Waals surface area contributed by atoms with Crippen LogP contribution in [0.2, 0.25) is 0 Å². The van der Waals surface area contributed by atoms with Crippen molar-refractivity contribution in [2.24, 2.45) is 0 Å². The van der Waals surface area contributed by atoms with Crippen molar-refractivity contribution in [2.45, 2.75) is 0 Å². The van der Waals surface area contributed by atoms with Crippen LogP contribution in [0, 0.1) is 11.3 Å². The molecule has 0 saturated carbocycles. The molecule has 0 aliphatic rings. The van der Waals surface area contributed by atoms with Gasteiger partial charge in [-0.05, 0) is 18.2 Å². The lowest BCUT2D eigenvalue weighted by atomic mass is 10.4. The van der Waals surface area contributed by atoms with Gasteiger partial charge in [-0.2, -0.15) is 5.26 Å². The van der Waals surface area contributed by atoms with Gasteiger partial charge in [0.15, 0.2) is 0 Å². The van der Waals surface area contributed by atoms with Crippen LogP contribution < -0.4 is 0 Å². The minimum atomic E-state index is -1.12. The number of hydrogen-bond donors (Lipinski definition) is 1. The van der Waals surface area contributed by atoms with Crippen molar-refractivity contribution in [3.63, 3.8) is 0 Å². The van der Waals surface area contributed by atoms with Gasteiger partial charge in [-0.1, -0.05) is 0 Å². The molecule has 0 radical (unpaired) electrons. The molecule has 0 aliphatic heterocycles. The van der Waals surface area contributed by atoms with Crippen molar-refractivity contribution in [1.29, 1.82) is 5.26 Å². The Balaban J connectivity index is 2.86. The van der Waals surface area contributed by atoms with E-state index in [4.69, 9.17) is 14.8 Å². The Hall–Kier alpha value is -2.02. The smallest absolute Gasteiger partial charge is 0.371 e. The average molecular weight is 163 g/mol. The highest BCUT2D eigenvalue weighted by molar-refractivity contribution is 5.84. The monoisotopic (exact) mass is 163 g/mol. The van der Waals surface area contributed by atoms with E-state index in [1.807, 2.05) is 0 Å². The van der Waals surface area contributed by atoms with Gasteiger partial charge in [0, 0.05) is 6.08 Å². The largest absolute Gasteiger partial charge is 0.475 e. The molecule has 0 fully saturated rings. The van der Waals surface area contributed by atoms with Gasteiger partial charge in [0.2, 0.25) is 5.76 Å². The lowest BCUT2D eigenvalue weighted by Crippen LogP contribution is -1.91. The molecule has 0 unspecified atom stereocenters. The summed E-state index contributed by atoms with van der Waals surface area (Å²) in [5.41, 5.74) is 0. The molecule has 1 N–H and O–H groups in total. The summed E-state index contributed by atoms with van der Waals surface area (Å²) in [6.07, 6.45) is 2.61. The Morgan fingerprint density at radius 3 is 2.92 bits per heavy atom. The maximum absolute atomic E-state index is 10.3. The van der Waals surface area contributed by atoms with Gasteiger partial charge in [-0.25, -0.2) is 4.79 Å². The van der Waals surface area contributed by atoms with E-state index >= 15 is 0 Å². The number of allylic oxidation sites excluding steroid dienone is 1. The Labute approximate surface area is 68.3 Å². The predicted molar refractivity (Wildman–Crippen MR) is 40.3 cm³/mol. The van der Waals surface area contributed by atoms with E-state index in [0.717, 1.165) is 0 Å². The molecule has 1 heterocycles. The van der Waals surface area contributed by atoms with Gasteiger partial charge < -0.3 is 9.52 Å². The van der Waals surface area contributed by atoms with Crippen LogP contribution in [0.1, 0.15) is 16.3 Å². The number of nitriles is 1. The van der Waals surface area contributed by atoms with Crippen LogP contribution in [0.3, 0.4) is 0 Å². The van der Waals surface area contributed by atoms with Crippen LogP contribution in [-0.4, -0.2) is 11.1 Å². The summed E-state index contributed by atoms with van der Waals surface area (Å²) in [7, 11) is 0. The van der Waals surface area contributed by atoms with E-state index in [9.17, 15) is 4.79 Å². The summed E-state index contributed by atoms with van der Waals surface area (Å²) in [4.78, 5) is 10.3. The summed E-state index contributed by atoms with van der Waals surface area (Å²) in [5.74, 6) is -0.895. The van der Waals surface area contributed by atoms with Crippen molar-refractivity contribution >= 4 is 12.0 Å². The molecule has 4 nitrogen and oxygen atoms in total. The molecule has 4 heteroatoms. The number of carboxylic acids is 1. The van der Waals surface area contributed by atoms with Crippen molar-refractivity contribution in [3.8, 4) is 6.07 Å². The lowest BCUT2D eigenvalue weighted by Gasteiger charge is -1.83. The Morgan fingerprint density at radius 2 is 2.42 bits per heavy atom. The second kappa shape index (κ2) is 3.39. The van der Waals surface area contributed by atoms with Crippen LogP contribution in [-0.2, 0) is 0 Å². The highest BCUT2D eigenvalue weighted by Crippen LogP contribution is 2.08. The Kier molecular flexibility index (Phi) is 2.29. The number of furan rings is 1. The molecule has 0 aromatic carbocycles. The zero-order valence-electron chi connectivity index (χ0n) is 6.02. The zero-order valence-corrected chi connectivity index (χ0v) is 6.02. The first-order valence-electron chi connectivity index (χ1n) is 3.13. The predicted octanol–water partition coefficient (Wildman–Crippen LogP) is 1.51. The van der Waals surface area contributed by atoms with Crippen LogP contribution in [0.25, 0.3) is 6.08 Å². The van der Waals surface area contributed by atoms with Gasteiger partial charge in [0.25, 0.3) is 0 Å². The first-order valence-corrected chi connectivity index (χ1v) is 3.13.